The Hall–Kier alpha value is -2.08. The van der Waals surface area contributed by atoms with Gasteiger partial charge in [-0.2, -0.15) is 0 Å². The molecule has 2 aromatic rings. The van der Waals surface area contributed by atoms with E-state index in [1.807, 2.05) is 11.6 Å². The fourth-order valence-electron chi connectivity index (χ4n) is 1.61. The summed E-state index contributed by atoms with van der Waals surface area (Å²) in [5, 5.41) is 20.7. The molecule has 1 heterocycles. The molecule has 2 rings (SSSR count). The Labute approximate surface area is 105 Å². The zero-order chi connectivity index (χ0) is 13.0. The molecule has 0 saturated heterocycles. The van der Waals surface area contributed by atoms with E-state index in [1.165, 1.54) is 0 Å². The van der Waals surface area contributed by atoms with Crippen LogP contribution in [0.4, 0.5) is 0 Å². The van der Waals surface area contributed by atoms with Gasteiger partial charge < -0.3 is 19.7 Å². The number of phenols is 1. The normalized spacial score (nSPS) is 10.6. The van der Waals surface area contributed by atoms with Gasteiger partial charge in [0.15, 0.2) is 0 Å². The highest BCUT2D eigenvalue weighted by molar-refractivity contribution is 5.39. The van der Waals surface area contributed by atoms with Crippen molar-refractivity contribution < 1.29 is 9.84 Å². The van der Waals surface area contributed by atoms with E-state index in [9.17, 15) is 5.11 Å². The lowest BCUT2D eigenvalue weighted by molar-refractivity contribution is 0.410. The molecule has 0 aliphatic carbocycles. The van der Waals surface area contributed by atoms with E-state index in [0.717, 1.165) is 17.1 Å². The average molecular weight is 248 g/mol. The standard InChI is InChI=1S/C12H16N4O2/c1-16-8-14-15-12(16)7-13-6-9-5-10(18-2)3-4-11(9)17/h3-5,8,13,17H,6-7H2,1-2H3. The first-order valence-electron chi connectivity index (χ1n) is 5.60. The van der Waals surface area contributed by atoms with Gasteiger partial charge in [-0.1, -0.05) is 0 Å². The molecule has 6 heteroatoms. The number of benzene rings is 1. The van der Waals surface area contributed by atoms with Crippen LogP contribution in [0.25, 0.3) is 0 Å². The zero-order valence-corrected chi connectivity index (χ0v) is 10.4. The summed E-state index contributed by atoms with van der Waals surface area (Å²) >= 11 is 0. The number of aromatic nitrogens is 3. The molecule has 1 aromatic carbocycles. The lowest BCUT2D eigenvalue weighted by Gasteiger charge is -2.08. The average Bonchev–Trinajstić information content (AvgIpc) is 2.77. The molecule has 1 aromatic heterocycles. The molecule has 0 radical (unpaired) electrons. The molecule has 0 fully saturated rings. The smallest absolute Gasteiger partial charge is 0.146 e. The van der Waals surface area contributed by atoms with E-state index >= 15 is 0 Å². The van der Waals surface area contributed by atoms with Crippen molar-refractivity contribution in [2.75, 3.05) is 7.11 Å². The van der Waals surface area contributed by atoms with Crippen molar-refractivity contribution in [1.29, 1.82) is 0 Å². The van der Waals surface area contributed by atoms with E-state index in [1.54, 1.807) is 31.6 Å². The van der Waals surface area contributed by atoms with Gasteiger partial charge in [-0.3, -0.25) is 0 Å². The fourth-order valence-corrected chi connectivity index (χ4v) is 1.61. The zero-order valence-electron chi connectivity index (χ0n) is 10.4. The summed E-state index contributed by atoms with van der Waals surface area (Å²) in [6, 6.07) is 5.15. The van der Waals surface area contributed by atoms with Crippen LogP contribution in [0.1, 0.15) is 11.4 Å². The van der Waals surface area contributed by atoms with Gasteiger partial charge in [0.1, 0.15) is 23.7 Å². The number of rotatable bonds is 5. The highest BCUT2D eigenvalue weighted by Crippen LogP contribution is 2.22. The summed E-state index contributed by atoms with van der Waals surface area (Å²) < 4.78 is 6.96. The Morgan fingerprint density at radius 3 is 2.89 bits per heavy atom. The van der Waals surface area contributed by atoms with Crippen LogP contribution in [-0.4, -0.2) is 27.0 Å². The molecular weight excluding hydrogens is 232 g/mol. The SMILES string of the molecule is COc1ccc(O)c(CNCc2nncn2C)c1. The van der Waals surface area contributed by atoms with Gasteiger partial charge >= 0.3 is 0 Å². The Balaban J connectivity index is 1.96. The Bertz CT molecular complexity index is 525. The van der Waals surface area contributed by atoms with Gasteiger partial charge in [0, 0.05) is 19.2 Å². The molecule has 0 atom stereocenters. The predicted molar refractivity (Wildman–Crippen MR) is 66.2 cm³/mol. The van der Waals surface area contributed by atoms with Gasteiger partial charge in [-0.15, -0.1) is 10.2 Å². The van der Waals surface area contributed by atoms with Crippen LogP contribution in [0.15, 0.2) is 24.5 Å². The van der Waals surface area contributed by atoms with Gasteiger partial charge in [0.25, 0.3) is 0 Å². The maximum absolute atomic E-state index is 9.71. The minimum Gasteiger partial charge on any atom is -0.508 e. The number of ether oxygens (including phenoxy) is 1. The molecule has 0 amide bonds. The summed E-state index contributed by atoms with van der Waals surface area (Å²) in [4.78, 5) is 0. The molecule has 6 nitrogen and oxygen atoms in total. The number of methoxy groups -OCH3 is 1. The number of aromatic hydroxyl groups is 1. The van der Waals surface area contributed by atoms with Crippen LogP contribution in [0.5, 0.6) is 11.5 Å². The van der Waals surface area contributed by atoms with Crippen molar-refractivity contribution in [2.45, 2.75) is 13.1 Å². The minimum atomic E-state index is 0.251. The van der Waals surface area contributed by atoms with Gasteiger partial charge in [0.2, 0.25) is 0 Å². The van der Waals surface area contributed by atoms with E-state index in [2.05, 4.69) is 15.5 Å². The van der Waals surface area contributed by atoms with Gasteiger partial charge in [-0.05, 0) is 18.2 Å². The van der Waals surface area contributed by atoms with E-state index < -0.39 is 0 Å². The minimum absolute atomic E-state index is 0.251. The predicted octanol–water partition coefficient (Wildman–Crippen LogP) is 0.819. The van der Waals surface area contributed by atoms with E-state index in [0.29, 0.717) is 13.1 Å². The number of aryl methyl sites for hydroxylation is 1. The molecule has 0 bridgehead atoms. The maximum Gasteiger partial charge on any atom is 0.146 e. The topological polar surface area (TPSA) is 72.2 Å². The Morgan fingerprint density at radius 1 is 1.39 bits per heavy atom. The summed E-state index contributed by atoms with van der Waals surface area (Å²) in [6.07, 6.45) is 1.65. The first kappa shape index (κ1) is 12.4. The highest BCUT2D eigenvalue weighted by Gasteiger charge is 2.04. The molecular formula is C12H16N4O2. The monoisotopic (exact) mass is 248 g/mol. The van der Waals surface area contributed by atoms with E-state index in [4.69, 9.17) is 4.74 Å². The number of nitrogens with zero attached hydrogens (tertiary/aromatic N) is 3. The first-order chi connectivity index (χ1) is 8.70. The Kier molecular flexibility index (Phi) is 3.78. The second-order valence-electron chi connectivity index (χ2n) is 3.96. The van der Waals surface area contributed by atoms with Gasteiger partial charge in [0.05, 0.1) is 13.7 Å². The van der Waals surface area contributed by atoms with Crippen LogP contribution in [0.2, 0.25) is 0 Å². The molecule has 0 spiro atoms. The molecule has 96 valence electrons. The molecule has 18 heavy (non-hydrogen) atoms. The van der Waals surface area contributed by atoms with Crippen molar-refractivity contribution >= 4 is 0 Å². The van der Waals surface area contributed by atoms with Crippen LogP contribution < -0.4 is 10.1 Å². The third-order valence-electron chi connectivity index (χ3n) is 2.69. The third kappa shape index (κ3) is 2.78. The van der Waals surface area contributed by atoms with E-state index in [-0.39, 0.29) is 5.75 Å². The number of phenolic OH excluding ortho intramolecular Hbond substituents is 1. The van der Waals surface area contributed by atoms with Gasteiger partial charge in [-0.25, -0.2) is 0 Å². The highest BCUT2D eigenvalue weighted by atomic mass is 16.5. The summed E-state index contributed by atoms with van der Waals surface area (Å²) in [5.74, 6) is 1.82. The molecule has 2 N–H and O–H groups in total. The van der Waals surface area contributed by atoms with Crippen molar-refractivity contribution in [3.63, 3.8) is 0 Å². The van der Waals surface area contributed by atoms with Crippen molar-refractivity contribution in [3.05, 3.63) is 35.9 Å². The number of hydrogen-bond donors (Lipinski definition) is 2. The lowest BCUT2D eigenvalue weighted by atomic mass is 10.2. The summed E-state index contributed by atoms with van der Waals surface area (Å²) in [6.45, 7) is 1.13. The van der Waals surface area contributed by atoms with Crippen LogP contribution in [0.3, 0.4) is 0 Å². The second kappa shape index (κ2) is 5.50. The van der Waals surface area contributed by atoms with Crippen LogP contribution >= 0.6 is 0 Å². The second-order valence-corrected chi connectivity index (χ2v) is 3.96. The third-order valence-corrected chi connectivity index (χ3v) is 2.69. The van der Waals surface area contributed by atoms with Crippen molar-refractivity contribution in [3.8, 4) is 11.5 Å². The number of nitrogens with one attached hydrogen (secondary N) is 1. The first-order valence-corrected chi connectivity index (χ1v) is 5.60. The lowest BCUT2D eigenvalue weighted by Crippen LogP contribution is -2.15. The van der Waals surface area contributed by atoms with Crippen molar-refractivity contribution in [2.24, 2.45) is 7.05 Å². The summed E-state index contributed by atoms with van der Waals surface area (Å²) in [7, 11) is 3.49. The van der Waals surface area contributed by atoms with Crippen molar-refractivity contribution in [1.82, 2.24) is 20.1 Å². The molecule has 0 unspecified atom stereocenters. The summed E-state index contributed by atoms with van der Waals surface area (Å²) in [5.41, 5.74) is 0.788. The quantitative estimate of drug-likeness (QED) is 0.819. The molecule has 0 saturated carbocycles. The number of hydrogen-bond acceptors (Lipinski definition) is 5. The Morgan fingerprint density at radius 2 is 2.22 bits per heavy atom. The van der Waals surface area contributed by atoms with Crippen LogP contribution in [-0.2, 0) is 20.1 Å². The maximum atomic E-state index is 9.71. The van der Waals surface area contributed by atoms with Crippen LogP contribution in [0, 0.1) is 0 Å². The molecule has 0 aliphatic heterocycles. The fraction of sp³-hybridized carbons (Fsp3) is 0.333. The largest absolute Gasteiger partial charge is 0.508 e. The molecule has 0 aliphatic rings.